The Balaban J connectivity index is 3.05. The van der Waals surface area contributed by atoms with Crippen molar-refractivity contribution in [1.82, 2.24) is 0 Å². The summed E-state index contributed by atoms with van der Waals surface area (Å²) in [5.74, 6) is -0.773. The van der Waals surface area contributed by atoms with Crippen molar-refractivity contribution in [3.8, 4) is 0 Å². The topological polar surface area (TPSA) is 55.8 Å². The van der Waals surface area contributed by atoms with Crippen LogP contribution in [0, 0.1) is 0 Å². The lowest BCUT2D eigenvalue weighted by Crippen LogP contribution is -2.31. The minimum absolute atomic E-state index is 0.0982. The normalized spacial score (nSPS) is 9.72. The number of rotatable bonds is 5. The summed E-state index contributed by atoms with van der Waals surface area (Å²) < 4.78 is 9.36. The molecule has 0 heterocycles. The Morgan fingerprint density at radius 2 is 1.83 bits per heavy atom. The maximum Gasteiger partial charge on any atom is 0.339 e. The smallest absolute Gasteiger partial charge is 0.339 e. The van der Waals surface area contributed by atoms with Gasteiger partial charge in [0.2, 0.25) is 0 Å². The molecule has 1 rings (SSSR count). The van der Waals surface area contributed by atoms with Crippen LogP contribution in [-0.4, -0.2) is 39.2 Å². The number of nitrogens with zero attached hydrogens (tertiary/aromatic N) is 1. The van der Waals surface area contributed by atoms with Gasteiger partial charge < -0.3 is 14.4 Å². The van der Waals surface area contributed by atoms with Gasteiger partial charge in [-0.25, -0.2) is 4.79 Å². The van der Waals surface area contributed by atoms with Crippen LogP contribution in [0.15, 0.2) is 24.3 Å². The van der Waals surface area contributed by atoms with Crippen LogP contribution in [0.5, 0.6) is 0 Å². The van der Waals surface area contributed by atoms with Gasteiger partial charge in [-0.2, -0.15) is 0 Å². The van der Waals surface area contributed by atoms with Crippen molar-refractivity contribution in [2.75, 3.05) is 32.2 Å². The summed E-state index contributed by atoms with van der Waals surface area (Å²) in [7, 11) is 2.66. The van der Waals surface area contributed by atoms with Gasteiger partial charge in [0.25, 0.3) is 0 Å². The van der Waals surface area contributed by atoms with Crippen LogP contribution in [0.2, 0.25) is 0 Å². The zero-order chi connectivity index (χ0) is 13.5. The Hall–Kier alpha value is -2.04. The van der Waals surface area contributed by atoms with Gasteiger partial charge in [0.15, 0.2) is 0 Å². The molecule has 0 aromatic heterocycles. The number of hydrogen-bond acceptors (Lipinski definition) is 5. The Kier molecular flexibility index (Phi) is 5.17. The van der Waals surface area contributed by atoms with Crippen molar-refractivity contribution >= 4 is 17.6 Å². The molecule has 5 heteroatoms. The van der Waals surface area contributed by atoms with Gasteiger partial charge in [-0.05, 0) is 19.1 Å². The summed E-state index contributed by atoms with van der Waals surface area (Å²) >= 11 is 0. The third kappa shape index (κ3) is 3.23. The van der Waals surface area contributed by atoms with Crippen molar-refractivity contribution in [2.24, 2.45) is 0 Å². The standard InChI is InChI=1S/C13H17NO4/c1-4-14(9-12(15)17-2)11-8-6-5-7-10(11)13(16)18-3/h5-8H,4,9H2,1-3H3. The molecule has 0 spiro atoms. The molecule has 0 aliphatic heterocycles. The molecule has 0 bridgehead atoms. The van der Waals surface area contributed by atoms with Crippen molar-refractivity contribution in [3.05, 3.63) is 29.8 Å². The van der Waals surface area contributed by atoms with Crippen molar-refractivity contribution in [1.29, 1.82) is 0 Å². The van der Waals surface area contributed by atoms with Gasteiger partial charge >= 0.3 is 11.9 Å². The predicted molar refractivity (Wildman–Crippen MR) is 67.7 cm³/mol. The Labute approximate surface area is 106 Å². The number of methoxy groups -OCH3 is 2. The SMILES string of the molecule is CCN(CC(=O)OC)c1ccccc1C(=O)OC. The second-order valence-corrected chi connectivity index (χ2v) is 3.60. The summed E-state index contributed by atoms with van der Waals surface area (Å²) in [6.45, 7) is 2.58. The molecule has 0 radical (unpaired) electrons. The highest BCUT2D eigenvalue weighted by Gasteiger charge is 2.17. The fraction of sp³-hybridized carbons (Fsp3) is 0.385. The van der Waals surface area contributed by atoms with E-state index in [0.717, 1.165) is 0 Å². The van der Waals surface area contributed by atoms with Crippen LogP contribution in [0.4, 0.5) is 5.69 Å². The molecular formula is C13H17NO4. The van der Waals surface area contributed by atoms with Gasteiger partial charge in [-0.1, -0.05) is 12.1 Å². The van der Waals surface area contributed by atoms with E-state index in [4.69, 9.17) is 4.74 Å². The number of benzene rings is 1. The first-order valence-corrected chi connectivity index (χ1v) is 5.63. The largest absolute Gasteiger partial charge is 0.468 e. The van der Waals surface area contributed by atoms with Gasteiger partial charge in [-0.3, -0.25) is 4.79 Å². The second-order valence-electron chi connectivity index (χ2n) is 3.60. The number of ether oxygens (including phenoxy) is 2. The highest BCUT2D eigenvalue weighted by molar-refractivity contribution is 5.96. The first-order valence-electron chi connectivity index (χ1n) is 5.63. The van der Waals surface area contributed by atoms with E-state index in [2.05, 4.69) is 4.74 Å². The molecule has 98 valence electrons. The zero-order valence-electron chi connectivity index (χ0n) is 10.8. The second kappa shape index (κ2) is 6.64. The maximum absolute atomic E-state index is 11.6. The quantitative estimate of drug-likeness (QED) is 0.742. The van der Waals surface area contributed by atoms with E-state index in [1.165, 1.54) is 14.2 Å². The molecule has 0 aliphatic rings. The van der Waals surface area contributed by atoms with E-state index in [9.17, 15) is 9.59 Å². The highest BCUT2D eigenvalue weighted by atomic mass is 16.5. The van der Waals surface area contributed by atoms with Crippen LogP contribution >= 0.6 is 0 Å². The van der Waals surface area contributed by atoms with E-state index in [1.54, 1.807) is 23.1 Å². The zero-order valence-corrected chi connectivity index (χ0v) is 10.8. The van der Waals surface area contributed by atoms with E-state index in [1.807, 2.05) is 13.0 Å². The Bertz CT molecular complexity index is 431. The first-order chi connectivity index (χ1) is 8.63. The summed E-state index contributed by atoms with van der Waals surface area (Å²) in [6.07, 6.45) is 0. The minimum Gasteiger partial charge on any atom is -0.468 e. The van der Waals surface area contributed by atoms with E-state index >= 15 is 0 Å². The molecule has 0 amide bonds. The summed E-state index contributed by atoms with van der Waals surface area (Å²) in [5, 5.41) is 0. The monoisotopic (exact) mass is 251 g/mol. The first kappa shape index (κ1) is 14.0. The molecule has 5 nitrogen and oxygen atoms in total. The molecule has 0 atom stereocenters. The molecule has 0 unspecified atom stereocenters. The highest BCUT2D eigenvalue weighted by Crippen LogP contribution is 2.20. The van der Waals surface area contributed by atoms with Crippen molar-refractivity contribution in [3.63, 3.8) is 0 Å². The van der Waals surface area contributed by atoms with Crippen LogP contribution in [-0.2, 0) is 14.3 Å². The number of carbonyl (C=O) groups is 2. The van der Waals surface area contributed by atoms with Gasteiger partial charge in [0.05, 0.1) is 25.5 Å². The van der Waals surface area contributed by atoms with E-state index in [-0.39, 0.29) is 12.5 Å². The maximum atomic E-state index is 11.6. The lowest BCUT2D eigenvalue weighted by atomic mass is 10.1. The molecular weight excluding hydrogens is 234 g/mol. The fourth-order valence-electron chi connectivity index (χ4n) is 1.62. The third-order valence-electron chi connectivity index (χ3n) is 2.58. The van der Waals surface area contributed by atoms with E-state index < -0.39 is 5.97 Å². The summed E-state index contributed by atoms with van der Waals surface area (Å²) in [6, 6.07) is 7.00. The summed E-state index contributed by atoms with van der Waals surface area (Å²) in [4.78, 5) is 24.7. The molecule has 0 aliphatic carbocycles. The number of carbonyl (C=O) groups excluding carboxylic acids is 2. The van der Waals surface area contributed by atoms with Gasteiger partial charge in [0, 0.05) is 6.54 Å². The molecule has 0 saturated heterocycles. The van der Waals surface area contributed by atoms with Crippen LogP contribution in [0.25, 0.3) is 0 Å². The van der Waals surface area contributed by atoms with Crippen molar-refractivity contribution < 1.29 is 19.1 Å². The molecule has 0 N–H and O–H groups in total. The fourth-order valence-corrected chi connectivity index (χ4v) is 1.62. The molecule has 1 aromatic carbocycles. The van der Waals surface area contributed by atoms with Gasteiger partial charge in [-0.15, -0.1) is 0 Å². The molecule has 0 fully saturated rings. The van der Waals surface area contributed by atoms with E-state index in [0.29, 0.717) is 17.8 Å². The van der Waals surface area contributed by atoms with Crippen LogP contribution in [0.3, 0.4) is 0 Å². The summed E-state index contributed by atoms with van der Waals surface area (Å²) in [5.41, 5.74) is 1.10. The average molecular weight is 251 g/mol. The van der Waals surface area contributed by atoms with Gasteiger partial charge in [0.1, 0.15) is 6.54 Å². The van der Waals surface area contributed by atoms with Crippen molar-refractivity contribution in [2.45, 2.75) is 6.92 Å². The lowest BCUT2D eigenvalue weighted by Gasteiger charge is -2.23. The number of hydrogen-bond donors (Lipinski definition) is 0. The number of anilines is 1. The Morgan fingerprint density at radius 3 is 2.39 bits per heavy atom. The Morgan fingerprint density at radius 1 is 1.17 bits per heavy atom. The number of esters is 2. The third-order valence-corrected chi connectivity index (χ3v) is 2.58. The molecule has 1 aromatic rings. The predicted octanol–water partition coefficient (Wildman–Crippen LogP) is 1.47. The number of para-hydroxylation sites is 1. The average Bonchev–Trinajstić information content (AvgIpc) is 2.43. The lowest BCUT2D eigenvalue weighted by molar-refractivity contribution is -0.138. The molecule has 18 heavy (non-hydrogen) atoms. The van der Waals surface area contributed by atoms with Crippen LogP contribution in [0.1, 0.15) is 17.3 Å². The number of likely N-dealkylation sites (N-methyl/N-ethyl adjacent to an activating group) is 1. The van der Waals surface area contributed by atoms with Crippen LogP contribution < -0.4 is 4.90 Å². The molecule has 0 saturated carbocycles. The minimum atomic E-state index is -0.422.